The molecule has 23 heavy (non-hydrogen) atoms. The lowest BCUT2D eigenvalue weighted by Gasteiger charge is -2.42. The lowest BCUT2D eigenvalue weighted by Crippen LogP contribution is -2.53. The second-order valence-corrected chi connectivity index (χ2v) is 6.87. The maximum Gasteiger partial charge on any atom is 0.266 e. The number of nitrogens with zero attached hydrogens (tertiary/aromatic N) is 1. The zero-order valence-electron chi connectivity index (χ0n) is 14.1. The van der Waals surface area contributed by atoms with Crippen LogP contribution in [0.15, 0.2) is 24.3 Å². The number of carbonyl (C=O) groups excluding carboxylic acids is 1. The molecule has 4 nitrogen and oxygen atoms in total. The summed E-state index contributed by atoms with van der Waals surface area (Å²) in [5.74, 6) is 0.0573. The Balaban J connectivity index is 2.00. The summed E-state index contributed by atoms with van der Waals surface area (Å²) in [6.07, 6.45) is 2.53. The number of carbonyl (C=O) groups is 1. The third kappa shape index (κ3) is 4.02. The van der Waals surface area contributed by atoms with Gasteiger partial charge in [-0.25, -0.2) is 4.39 Å². The first kappa shape index (κ1) is 17.7. The van der Waals surface area contributed by atoms with Crippen LogP contribution in [0, 0.1) is 11.2 Å². The normalized spacial score (nSPS) is 17.9. The SMILES string of the molecule is CCC1(CO)CCN(C(=O)C(C)(C)Oc2ccc(F)cc2)CC1. The van der Waals surface area contributed by atoms with E-state index in [2.05, 4.69) is 6.92 Å². The predicted octanol–water partition coefficient (Wildman–Crippen LogP) is 2.99. The van der Waals surface area contributed by atoms with Crippen LogP contribution in [0.2, 0.25) is 0 Å². The summed E-state index contributed by atoms with van der Waals surface area (Å²) in [7, 11) is 0. The van der Waals surface area contributed by atoms with Crippen LogP contribution < -0.4 is 4.74 Å². The Morgan fingerprint density at radius 2 is 1.87 bits per heavy atom. The van der Waals surface area contributed by atoms with Crippen molar-refractivity contribution in [3.63, 3.8) is 0 Å². The molecule has 1 fully saturated rings. The number of piperidine rings is 1. The molecule has 0 aliphatic carbocycles. The van der Waals surface area contributed by atoms with Crippen LogP contribution in [0.4, 0.5) is 4.39 Å². The van der Waals surface area contributed by atoms with Crippen molar-refractivity contribution in [3.8, 4) is 5.75 Å². The Morgan fingerprint density at radius 1 is 1.30 bits per heavy atom. The van der Waals surface area contributed by atoms with Crippen LogP contribution in [0.25, 0.3) is 0 Å². The summed E-state index contributed by atoms with van der Waals surface area (Å²) in [5, 5.41) is 9.58. The molecule has 0 spiro atoms. The van der Waals surface area contributed by atoms with Crippen LogP contribution in [-0.2, 0) is 4.79 Å². The molecule has 1 N–H and O–H groups in total. The van der Waals surface area contributed by atoms with Crippen LogP contribution in [-0.4, -0.2) is 41.2 Å². The van der Waals surface area contributed by atoms with Crippen molar-refractivity contribution < 1.29 is 19.0 Å². The van der Waals surface area contributed by atoms with Crippen molar-refractivity contribution in [1.29, 1.82) is 0 Å². The highest BCUT2D eigenvalue weighted by atomic mass is 19.1. The third-order valence-electron chi connectivity index (χ3n) is 4.90. The molecule has 0 aromatic heterocycles. The van der Waals surface area contributed by atoms with Crippen LogP contribution >= 0.6 is 0 Å². The molecular formula is C18H26FNO3. The van der Waals surface area contributed by atoms with Crippen molar-refractivity contribution >= 4 is 5.91 Å². The number of likely N-dealkylation sites (tertiary alicyclic amines) is 1. The van der Waals surface area contributed by atoms with Gasteiger partial charge in [0.25, 0.3) is 5.91 Å². The minimum atomic E-state index is -1.01. The number of amides is 1. The summed E-state index contributed by atoms with van der Waals surface area (Å²) in [5.41, 5.74) is -1.07. The van der Waals surface area contributed by atoms with Gasteiger partial charge in [-0.15, -0.1) is 0 Å². The first-order valence-corrected chi connectivity index (χ1v) is 8.17. The first-order chi connectivity index (χ1) is 10.8. The minimum Gasteiger partial charge on any atom is -0.478 e. The van der Waals surface area contributed by atoms with Crippen molar-refractivity contribution in [3.05, 3.63) is 30.1 Å². The highest BCUT2D eigenvalue weighted by molar-refractivity contribution is 5.85. The lowest BCUT2D eigenvalue weighted by atomic mass is 9.77. The van der Waals surface area contributed by atoms with Crippen molar-refractivity contribution in [2.24, 2.45) is 5.41 Å². The number of rotatable bonds is 5. The molecular weight excluding hydrogens is 297 g/mol. The van der Waals surface area contributed by atoms with E-state index in [1.54, 1.807) is 18.7 Å². The molecule has 128 valence electrons. The van der Waals surface area contributed by atoms with E-state index in [-0.39, 0.29) is 23.7 Å². The summed E-state index contributed by atoms with van der Waals surface area (Å²) < 4.78 is 18.7. The molecule has 0 saturated carbocycles. The number of halogens is 1. The van der Waals surface area contributed by atoms with Crippen LogP contribution in [0.3, 0.4) is 0 Å². The van der Waals surface area contributed by atoms with Gasteiger partial charge in [-0.1, -0.05) is 6.92 Å². The Morgan fingerprint density at radius 3 is 2.35 bits per heavy atom. The van der Waals surface area contributed by atoms with E-state index in [1.807, 2.05) is 0 Å². The molecule has 1 heterocycles. The minimum absolute atomic E-state index is 0.0568. The lowest BCUT2D eigenvalue weighted by molar-refractivity contribution is -0.148. The van der Waals surface area contributed by atoms with E-state index >= 15 is 0 Å². The Kier molecular flexibility index (Phi) is 5.30. The first-order valence-electron chi connectivity index (χ1n) is 8.17. The molecule has 0 unspecified atom stereocenters. The average Bonchev–Trinajstić information content (AvgIpc) is 2.56. The Labute approximate surface area is 137 Å². The summed E-state index contributed by atoms with van der Waals surface area (Å²) in [4.78, 5) is 14.5. The second kappa shape index (κ2) is 6.87. The molecule has 1 amide bonds. The number of ether oxygens (including phenoxy) is 1. The smallest absolute Gasteiger partial charge is 0.266 e. The molecule has 5 heteroatoms. The van der Waals surface area contributed by atoms with Gasteiger partial charge in [0.15, 0.2) is 5.60 Å². The molecule has 0 bridgehead atoms. The van der Waals surface area contributed by atoms with Gasteiger partial charge >= 0.3 is 0 Å². The number of benzene rings is 1. The van der Waals surface area contributed by atoms with Gasteiger partial charge in [-0.05, 0) is 62.8 Å². The van der Waals surface area contributed by atoms with Gasteiger partial charge < -0.3 is 14.7 Å². The predicted molar refractivity (Wildman–Crippen MR) is 86.7 cm³/mol. The second-order valence-electron chi connectivity index (χ2n) is 6.87. The maximum absolute atomic E-state index is 13.0. The maximum atomic E-state index is 13.0. The molecule has 1 saturated heterocycles. The largest absolute Gasteiger partial charge is 0.478 e. The highest BCUT2D eigenvalue weighted by Gasteiger charge is 2.39. The van der Waals surface area contributed by atoms with Gasteiger partial charge in [0.2, 0.25) is 0 Å². The molecule has 0 atom stereocenters. The number of hydrogen-bond acceptors (Lipinski definition) is 3. The fourth-order valence-electron chi connectivity index (χ4n) is 3.03. The van der Waals surface area contributed by atoms with E-state index in [4.69, 9.17) is 4.74 Å². The van der Waals surface area contributed by atoms with E-state index in [9.17, 15) is 14.3 Å². The zero-order chi connectivity index (χ0) is 17.1. The average molecular weight is 323 g/mol. The van der Waals surface area contributed by atoms with Gasteiger partial charge in [0.1, 0.15) is 11.6 Å². The van der Waals surface area contributed by atoms with Gasteiger partial charge in [0.05, 0.1) is 0 Å². The fraction of sp³-hybridized carbons (Fsp3) is 0.611. The standard InChI is InChI=1S/C18H26FNO3/c1-4-18(13-21)9-11-20(12-10-18)16(22)17(2,3)23-15-7-5-14(19)6-8-15/h5-8,21H,4,9-13H2,1-3H3. The molecule has 1 aliphatic heterocycles. The van der Waals surface area contributed by atoms with E-state index in [1.165, 1.54) is 24.3 Å². The molecule has 1 aliphatic rings. The van der Waals surface area contributed by atoms with Crippen molar-refractivity contribution in [2.75, 3.05) is 19.7 Å². The van der Waals surface area contributed by atoms with E-state index in [0.29, 0.717) is 18.8 Å². The van der Waals surface area contributed by atoms with E-state index in [0.717, 1.165) is 19.3 Å². The van der Waals surface area contributed by atoms with Gasteiger partial charge in [0, 0.05) is 19.7 Å². The Bertz CT molecular complexity index is 528. The molecule has 0 radical (unpaired) electrons. The Hall–Kier alpha value is -1.62. The number of hydrogen-bond donors (Lipinski definition) is 1. The van der Waals surface area contributed by atoms with Gasteiger partial charge in [-0.3, -0.25) is 4.79 Å². The monoisotopic (exact) mass is 323 g/mol. The quantitative estimate of drug-likeness (QED) is 0.906. The van der Waals surface area contributed by atoms with Crippen LogP contribution in [0.1, 0.15) is 40.0 Å². The number of aliphatic hydroxyl groups excluding tert-OH is 1. The van der Waals surface area contributed by atoms with Crippen molar-refractivity contribution in [2.45, 2.75) is 45.6 Å². The van der Waals surface area contributed by atoms with Gasteiger partial charge in [-0.2, -0.15) is 0 Å². The highest BCUT2D eigenvalue weighted by Crippen LogP contribution is 2.35. The topological polar surface area (TPSA) is 49.8 Å². The molecule has 1 aromatic carbocycles. The molecule has 1 aromatic rings. The van der Waals surface area contributed by atoms with Crippen molar-refractivity contribution in [1.82, 2.24) is 4.90 Å². The summed E-state index contributed by atoms with van der Waals surface area (Å²) in [6.45, 7) is 6.96. The number of aliphatic hydroxyl groups is 1. The molecule has 2 rings (SSSR count). The fourth-order valence-corrected chi connectivity index (χ4v) is 3.03. The summed E-state index contributed by atoms with van der Waals surface area (Å²) in [6, 6.07) is 5.67. The zero-order valence-corrected chi connectivity index (χ0v) is 14.1. The van der Waals surface area contributed by atoms with Crippen LogP contribution in [0.5, 0.6) is 5.75 Å². The summed E-state index contributed by atoms with van der Waals surface area (Å²) >= 11 is 0. The van der Waals surface area contributed by atoms with E-state index < -0.39 is 5.60 Å². The third-order valence-corrected chi connectivity index (χ3v) is 4.90.